The van der Waals surface area contributed by atoms with Gasteiger partial charge in [-0.1, -0.05) is 136 Å². The Labute approximate surface area is 280 Å². The molecule has 4 nitrogen and oxygen atoms in total. The van der Waals surface area contributed by atoms with Crippen molar-refractivity contribution in [2.24, 2.45) is 0 Å². The van der Waals surface area contributed by atoms with Gasteiger partial charge in [-0.2, -0.15) is 0 Å². The summed E-state index contributed by atoms with van der Waals surface area (Å²) in [6.45, 7) is 1.56. The van der Waals surface area contributed by atoms with E-state index in [1.807, 2.05) is 54.6 Å². The molecule has 7 rings (SSSR count). The summed E-state index contributed by atoms with van der Waals surface area (Å²) >= 11 is 6.75. The number of aromatic nitrogens is 1. The lowest BCUT2D eigenvalue weighted by molar-refractivity contribution is 0.101. The highest BCUT2D eigenvalue weighted by atomic mass is 79.9. The monoisotopic (exact) mass is 718 g/mol. The van der Waals surface area contributed by atoms with Crippen LogP contribution in [0.15, 0.2) is 142 Å². The van der Waals surface area contributed by atoms with E-state index in [0.29, 0.717) is 11.3 Å². The fourth-order valence-electron chi connectivity index (χ4n) is 4.74. The largest absolute Gasteiger partial charge is 0.398 e. The van der Waals surface area contributed by atoms with E-state index in [2.05, 4.69) is 92.5 Å². The number of nitrogens with two attached hydrogens (primary N) is 1. The topological polar surface area (TPSA) is 73.1 Å². The summed E-state index contributed by atoms with van der Waals surface area (Å²) in [5.74, 6) is 0.104. The van der Waals surface area contributed by atoms with Crippen molar-refractivity contribution in [3.63, 3.8) is 0 Å². The molecule has 45 heavy (non-hydrogen) atoms. The molecule has 224 valence electrons. The van der Waals surface area contributed by atoms with Crippen LogP contribution in [-0.2, 0) is 0 Å². The van der Waals surface area contributed by atoms with E-state index < -0.39 is 0 Å². The first-order valence-corrected chi connectivity index (χ1v) is 15.5. The van der Waals surface area contributed by atoms with E-state index in [1.165, 1.54) is 16.2 Å². The van der Waals surface area contributed by atoms with Crippen molar-refractivity contribution < 1.29 is 9.59 Å². The normalized spacial score (nSPS) is 10.2. The summed E-state index contributed by atoms with van der Waals surface area (Å²) in [5, 5.41) is 5.60. The van der Waals surface area contributed by atoms with Gasteiger partial charge in [-0.25, -0.2) is 4.98 Å². The van der Waals surface area contributed by atoms with Crippen LogP contribution in [0.1, 0.15) is 35.1 Å². The van der Waals surface area contributed by atoms with Crippen LogP contribution >= 0.6 is 31.9 Å². The second-order valence-corrected chi connectivity index (χ2v) is 11.9. The van der Waals surface area contributed by atoms with Crippen LogP contribution in [0.3, 0.4) is 0 Å². The van der Waals surface area contributed by atoms with Crippen LogP contribution in [-0.4, -0.2) is 17.1 Å². The van der Waals surface area contributed by atoms with E-state index in [0.717, 1.165) is 48.3 Å². The van der Waals surface area contributed by atoms with Crippen molar-refractivity contribution in [1.82, 2.24) is 4.98 Å². The Bertz CT molecular complexity index is 2090. The zero-order valence-corrected chi connectivity index (χ0v) is 27.0. The molecule has 0 atom stereocenters. The molecule has 0 unspecified atom stereocenters. The smallest absolute Gasteiger partial charge is 0.159 e. The Hall–Kier alpha value is -4.65. The number of hydrogen-bond donors (Lipinski definition) is 1. The summed E-state index contributed by atoms with van der Waals surface area (Å²) in [4.78, 5) is 26.2. The Balaban J connectivity index is 0.000000165. The predicted molar refractivity (Wildman–Crippen MR) is 197 cm³/mol. The predicted octanol–water partition coefficient (Wildman–Crippen LogP) is 11.3. The van der Waals surface area contributed by atoms with Gasteiger partial charge >= 0.3 is 0 Å². The fraction of sp³-hybridized carbons (Fsp3) is 0.0513. The standard InChI is InChI=1S/C19H12BrN.C11H9NO.C8H7BrO.CH4/c20-16-10-7-14(8-11-16)18-12-9-15-6-5-13-3-1-2-4-17(13)19(15)21-18;12-11-9(7-13)6-5-8-3-1-2-4-10(8)11;1-6(10)7-2-4-8(9)5-3-7;/h1-12H;1-7H,12H2;2-5H,1H3;1H4. The second kappa shape index (κ2) is 15.4. The summed E-state index contributed by atoms with van der Waals surface area (Å²) in [6.07, 6.45) is 0.780. The van der Waals surface area contributed by atoms with Crippen molar-refractivity contribution in [3.05, 3.63) is 154 Å². The minimum Gasteiger partial charge on any atom is -0.398 e. The van der Waals surface area contributed by atoms with E-state index in [4.69, 9.17) is 10.7 Å². The number of carbonyl (C=O) groups excluding carboxylic acids is 2. The van der Waals surface area contributed by atoms with Crippen LogP contribution in [0.2, 0.25) is 0 Å². The number of halogens is 2. The van der Waals surface area contributed by atoms with Gasteiger partial charge in [0.25, 0.3) is 0 Å². The van der Waals surface area contributed by atoms with Crippen LogP contribution in [0, 0.1) is 0 Å². The zero-order chi connectivity index (χ0) is 31.1. The zero-order valence-electron chi connectivity index (χ0n) is 23.9. The molecule has 6 heteroatoms. The third kappa shape index (κ3) is 8.09. The molecule has 0 aliphatic carbocycles. The summed E-state index contributed by atoms with van der Waals surface area (Å²) in [6, 6.07) is 43.9. The third-order valence-corrected chi connectivity index (χ3v) is 8.16. The molecule has 1 aromatic heterocycles. The molecule has 0 saturated heterocycles. The summed E-state index contributed by atoms with van der Waals surface area (Å²) < 4.78 is 2.08. The van der Waals surface area contributed by atoms with Crippen molar-refractivity contribution in [1.29, 1.82) is 0 Å². The van der Waals surface area contributed by atoms with Gasteiger partial charge in [0.15, 0.2) is 12.1 Å². The summed E-state index contributed by atoms with van der Waals surface area (Å²) in [5.41, 5.74) is 10.9. The van der Waals surface area contributed by atoms with Gasteiger partial charge in [-0.15, -0.1) is 0 Å². The number of hydrogen-bond acceptors (Lipinski definition) is 4. The Morgan fingerprint density at radius 3 is 1.78 bits per heavy atom. The first-order valence-electron chi connectivity index (χ1n) is 13.9. The fourth-order valence-corrected chi connectivity index (χ4v) is 5.27. The lowest BCUT2D eigenvalue weighted by atomic mass is 10.0. The first kappa shape index (κ1) is 33.2. The van der Waals surface area contributed by atoms with Crippen molar-refractivity contribution >= 4 is 82.1 Å². The van der Waals surface area contributed by atoms with Gasteiger partial charge < -0.3 is 5.73 Å². The average molecular weight is 721 g/mol. The quantitative estimate of drug-likeness (QED) is 0.0854. The van der Waals surface area contributed by atoms with Gasteiger partial charge in [0.1, 0.15) is 0 Å². The molecule has 2 N–H and O–H groups in total. The molecular formula is C39H32Br2N2O2. The highest BCUT2D eigenvalue weighted by molar-refractivity contribution is 9.10. The number of Topliss-reactive ketones (excluding diaryl/α,β-unsaturated/α-hetero) is 1. The number of anilines is 1. The number of pyridine rings is 1. The van der Waals surface area contributed by atoms with Crippen molar-refractivity contribution in [2.45, 2.75) is 14.4 Å². The second-order valence-electron chi connectivity index (χ2n) is 10.0. The maximum Gasteiger partial charge on any atom is 0.159 e. The number of aldehydes is 1. The molecule has 0 saturated carbocycles. The van der Waals surface area contributed by atoms with Crippen molar-refractivity contribution in [2.75, 3.05) is 5.73 Å². The average Bonchev–Trinajstić information content (AvgIpc) is 3.06. The number of carbonyl (C=O) groups is 2. The lowest BCUT2D eigenvalue weighted by Crippen LogP contribution is -1.93. The number of benzene rings is 6. The lowest BCUT2D eigenvalue weighted by Gasteiger charge is -2.06. The molecule has 0 fully saturated rings. The van der Waals surface area contributed by atoms with Gasteiger partial charge in [0.05, 0.1) is 11.2 Å². The Kier molecular flexibility index (Phi) is 11.4. The number of nitrogen functional groups attached to an aromatic ring is 1. The molecule has 1 heterocycles. The highest BCUT2D eigenvalue weighted by Crippen LogP contribution is 2.28. The molecule has 0 bridgehead atoms. The van der Waals surface area contributed by atoms with Crippen molar-refractivity contribution in [3.8, 4) is 11.3 Å². The molecule has 6 aromatic carbocycles. The molecule has 0 aliphatic heterocycles. The Morgan fingerprint density at radius 2 is 1.16 bits per heavy atom. The van der Waals surface area contributed by atoms with Gasteiger partial charge in [-0.3, -0.25) is 9.59 Å². The molecule has 7 aromatic rings. The molecule has 0 spiro atoms. The van der Waals surface area contributed by atoms with Crippen LogP contribution in [0.25, 0.3) is 43.7 Å². The summed E-state index contributed by atoms with van der Waals surface area (Å²) in [7, 11) is 0. The van der Waals surface area contributed by atoms with Crippen LogP contribution in [0.5, 0.6) is 0 Å². The van der Waals surface area contributed by atoms with E-state index in [-0.39, 0.29) is 13.2 Å². The van der Waals surface area contributed by atoms with Gasteiger partial charge in [0, 0.05) is 47.5 Å². The minimum absolute atomic E-state index is 0. The molecule has 0 aliphatic rings. The van der Waals surface area contributed by atoms with E-state index in [9.17, 15) is 9.59 Å². The van der Waals surface area contributed by atoms with Gasteiger partial charge in [-0.05, 0) is 54.1 Å². The SMILES string of the molecule is Brc1ccc(-c2ccc3ccc4ccccc4c3n2)cc1.C.CC(=O)c1ccc(Br)cc1.Nc1c(C=O)ccc2ccccc12. The van der Waals surface area contributed by atoms with Crippen LogP contribution in [0.4, 0.5) is 5.69 Å². The number of nitrogens with zero attached hydrogens (tertiary/aromatic N) is 1. The maximum atomic E-state index is 10.7. The number of ketones is 1. The van der Waals surface area contributed by atoms with E-state index >= 15 is 0 Å². The van der Waals surface area contributed by atoms with E-state index in [1.54, 1.807) is 25.1 Å². The minimum atomic E-state index is 0. The number of fused-ring (bicyclic) bond motifs is 4. The third-order valence-electron chi connectivity index (χ3n) is 7.11. The molecular weight excluding hydrogens is 688 g/mol. The van der Waals surface area contributed by atoms with Crippen LogP contribution < -0.4 is 5.73 Å². The first-order chi connectivity index (χ1) is 21.3. The highest BCUT2D eigenvalue weighted by Gasteiger charge is 2.05. The molecule has 0 radical (unpaired) electrons. The Morgan fingerprint density at radius 1 is 0.644 bits per heavy atom. The molecule has 0 amide bonds. The van der Waals surface area contributed by atoms with Gasteiger partial charge in [0.2, 0.25) is 0 Å². The maximum absolute atomic E-state index is 10.7. The number of rotatable bonds is 3.